The summed E-state index contributed by atoms with van der Waals surface area (Å²) in [5.74, 6) is 1.14. The second kappa shape index (κ2) is 7.41. The molecule has 122 valence electrons. The van der Waals surface area contributed by atoms with Crippen molar-refractivity contribution in [1.82, 2.24) is 15.3 Å². The maximum atomic E-state index is 12.1. The fourth-order valence-corrected chi connectivity index (χ4v) is 2.11. The number of furan rings is 1. The number of aryl methyl sites for hydroxylation is 1. The Labute approximate surface area is 140 Å². The van der Waals surface area contributed by atoms with Gasteiger partial charge in [0.1, 0.15) is 17.3 Å². The van der Waals surface area contributed by atoms with Gasteiger partial charge in [-0.15, -0.1) is 0 Å². The van der Waals surface area contributed by atoms with E-state index in [2.05, 4.69) is 20.6 Å². The number of anilines is 1. The topological polar surface area (TPSA) is 80.0 Å². The molecule has 3 rings (SSSR count). The smallest absolute Gasteiger partial charge is 0.271 e. The summed E-state index contributed by atoms with van der Waals surface area (Å²) in [6.07, 6.45) is 4.60. The first-order chi connectivity index (χ1) is 11.7. The number of rotatable bonds is 6. The molecule has 0 fully saturated rings. The highest BCUT2D eigenvalue weighted by atomic mass is 16.3. The Kier molecular flexibility index (Phi) is 4.86. The molecule has 24 heavy (non-hydrogen) atoms. The molecule has 6 heteroatoms. The van der Waals surface area contributed by atoms with Crippen LogP contribution in [0.25, 0.3) is 0 Å². The zero-order valence-corrected chi connectivity index (χ0v) is 13.3. The van der Waals surface area contributed by atoms with Crippen LogP contribution in [-0.4, -0.2) is 15.9 Å². The first-order valence-electron chi connectivity index (χ1n) is 7.63. The van der Waals surface area contributed by atoms with Gasteiger partial charge in [0.15, 0.2) is 0 Å². The summed E-state index contributed by atoms with van der Waals surface area (Å²) in [4.78, 5) is 20.4. The van der Waals surface area contributed by atoms with Crippen molar-refractivity contribution in [3.05, 3.63) is 77.6 Å². The summed E-state index contributed by atoms with van der Waals surface area (Å²) >= 11 is 0. The predicted octanol–water partition coefficient (Wildman–Crippen LogP) is 2.92. The van der Waals surface area contributed by atoms with Gasteiger partial charge in [-0.05, 0) is 24.6 Å². The Morgan fingerprint density at radius 1 is 1.08 bits per heavy atom. The van der Waals surface area contributed by atoms with Crippen LogP contribution >= 0.6 is 0 Å². The SMILES string of the molecule is Cc1ccc(CNC(=O)c2cnc(NCc3ccco3)cn2)cc1. The van der Waals surface area contributed by atoms with Crippen LogP contribution in [-0.2, 0) is 13.1 Å². The van der Waals surface area contributed by atoms with Crippen LogP contribution in [0.15, 0.2) is 59.5 Å². The van der Waals surface area contributed by atoms with Crippen LogP contribution in [0.1, 0.15) is 27.4 Å². The predicted molar refractivity (Wildman–Crippen MR) is 90.4 cm³/mol. The standard InChI is InChI=1S/C18H18N4O2/c1-13-4-6-14(7-5-13)9-22-18(23)16-11-21-17(12-19-16)20-10-15-3-2-8-24-15/h2-8,11-12H,9-10H2,1H3,(H,20,21)(H,22,23). The number of aromatic nitrogens is 2. The third-order valence-electron chi connectivity index (χ3n) is 3.48. The number of hydrogen-bond acceptors (Lipinski definition) is 5. The van der Waals surface area contributed by atoms with E-state index in [0.717, 1.165) is 11.3 Å². The lowest BCUT2D eigenvalue weighted by atomic mass is 10.1. The highest BCUT2D eigenvalue weighted by Gasteiger charge is 2.08. The molecular formula is C18H18N4O2. The molecule has 2 N–H and O–H groups in total. The van der Waals surface area contributed by atoms with E-state index in [1.165, 1.54) is 18.0 Å². The molecule has 0 unspecified atom stereocenters. The van der Waals surface area contributed by atoms with Crippen LogP contribution in [0.5, 0.6) is 0 Å². The minimum Gasteiger partial charge on any atom is -0.467 e. The van der Waals surface area contributed by atoms with Crippen molar-refractivity contribution in [3.63, 3.8) is 0 Å². The first-order valence-corrected chi connectivity index (χ1v) is 7.63. The summed E-state index contributed by atoms with van der Waals surface area (Å²) in [5, 5.41) is 5.91. The molecule has 2 aromatic heterocycles. The molecule has 6 nitrogen and oxygen atoms in total. The van der Waals surface area contributed by atoms with E-state index in [4.69, 9.17) is 4.42 Å². The van der Waals surface area contributed by atoms with Gasteiger partial charge >= 0.3 is 0 Å². The van der Waals surface area contributed by atoms with E-state index in [1.54, 1.807) is 6.26 Å². The molecule has 0 radical (unpaired) electrons. The minimum absolute atomic E-state index is 0.249. The van der Waals surface area contributed by atoms with E-state index in [-0.39, 0.29) is 11.6 Å². The Morgan fingerprint density at radius 3 is 2.58 bits per heavy atom. The molecule has 0 atom stereocenters. The Morgan fingerprint density at radius 2 is 1.92 bits per heavy atom. The van der Waals surface area contributed by atoms with Crippen molar-refractivity contribution in [2.45, 2.75) is 20.0 Å². The zero-order valence-electron chi connectivity index (χ0n) is 13.3. The summed E-state index contributed by atoms with van der Waals surface area (Å²) in [5.41, 5.74) is 2.51. The summed E-state index contributed by atoms with van der Waals surface area (Å²) in [6.45, 7) is 3.00. The van der Waals surface area contributed by atoms with Crippen LogP contribution in [0.2, 0.25) is 0 Å². The lowest BCUT2D eigenvalue weighted by Crippen LogP contribution is -2.24. The number of benzene rings is 1. The number of hydrogen-bond donors (Lipinski definition) is 2. The Bertz CT molecular complexity index is 781. The molecule has 3 aromatic rings. The maximum Gasteiger partial charge on any atom is 0.271 e. The van der Waals surface area contributed by atoms with E-state index in [1.807, 2.05) is 43.3 Å². The summed E-state index contributed by atoms with van der Waals surface area (Å²) < 4.78 is 5.22. The van der Waals surface area contributed by atoms with E-state index in [9.17, 15) is 4.79 Å². The lowest BCUT2D eigenvalue weighted by Gasteiger charge is -2.06. The average molecular weight is 322 g/mol. The monoisotopic (exact) mass is 322 g/mol. The summed E-state index contributed by atoms with van der Waals surface area (Å²) in [6, 6.07) is 11.7. The van der Waals surface area contributed by atoms with Gasteiger partial charge < -0.3 is 15.1 Å². The maximum absolute atomic E-state index is 12.1. The van der Waals surface area contributed by atoms with Crippen molar-refractivity contribution < 1.29 is 9.21 Å². The first kappa shape index (κ1) is 15.7. The van der Waals surface area contributed by atoms with Gasteiger partial charge in [-0.3, -0.25) is 4.79 Å². The van der Waals surface area contributed by atoms with Gasteiger partial charge in [-0.1, -0.05) is 29.8 Å². The summed E-state index contributed by atoms with van der Waals surface area (Å²) in [7, 11) is 0. The van der Waals surface area contributed by atoms with Crippen molar-refractivity contribution in [2.24, 2.45) is 0 Å². The van der Waals surface area contributed by atoms with Gasteiger partial charge in [0.05, 0.1) is 25.2 Å². The number of amides is 1. The van der Waals surface area contributed by atoms with Crippen LogP contribution in [0.4, 0.5) is 5.82 Å². The molecule has 0 bridgehead atoms. The highest BCUT2D eigenvalue weighted by Crippen LogP contribution is 2.07. The second-order valence-electron chi connectivity index (χ2n) is 5.39. The molecule has 0 aliphatic carbocycles. The highest BCUT2D eigenvalue weighted by molar-refractivity contribution is 5.91. The molecular weight excluding hydrogens is 304 g/mol. The van der Waals surface area contributed by atoms with Crippen molar-refractivity contribution in [1.29, 1.82) is 0 Å². The van der Waals surface area contributed by atoms with Gasteiger partial charge in [-0.25, -0.2) is 9.97 Å². The van der Waals surface area contributed by atoms with Gasteiger partial charge in [0.2, 0.25) is 0 Å². The fourth-order valence-electron chi connectivity index (χ4n) is 2.11. The molecule has 0 spiro atoms. The van der Waals surface area contributed by atoms with Crippen LogP contribution in [0.3, 0.4) is 0 Å². The molecule has 2 heterocycles. The van der Waals surface area contributed by atoms with Crippen LogP contribution < -0.4 is 10.6 Å². The van der Waals surface area contributed by atoms with E-state index in [0.29, 0.717) is 18.9 Å². The molecule has 0 saturated carbocycles. The number of carbonyl (C=O) groups is 1. The van der Waals surface area contributed by atoms with Crippen molar-refractivity contribution in [2.75, 3.05) is 5.32 Å². The zero-order chi connectivity index (χ0) is 16.8. The van der Waals surface area contributed by atoms with Crippen molar-refractivity contribution >= 4 is 11.7 Å². The van der Waals surface area contributed by atoms with E-state index < -0.39 is 0 Å². The molecule has 1 amide bonds. The Balaban J connectivity index is 1.52. The third kappa shape index (κ3) is 4.19. The van der Waals surface area contributed by atoms with E-state index >= 15 is 0 Å². The van der Waals surface area contributed by atoms with Crippen LogP contribution in [0, 0.1) is 6.92 Å². The third-order valence-corrected chi connectivity index (χ3v) is 3.48. The molecule has 1 aromatic carbocycles. The number of nitrogens with one attached hydrogen (secondary N) is 2. The lowest BCUT2D eigenvalue weighted by molar-refractivity contribution is 0.0945. The Hall–Kier alpha value is -3.15. The quantitative estimate of drug-likeness (QED) is 0.729. The molecule has 0 saturated heterocycles. The van der Waals surface area contributed by atoms with Crippen molar-refractivity contribution in [3.8, 4) is 0 Å². The molecule has 0 aliphatic rings. The molecule has 0 aliphatic heterocycles. The average Bonchev–Trinajstić information content (AvgIpc) is 3.13. The van der Waals surface area contributed by atoms with Gasteiger partial charge in [-0.2, -0.15) is 0 Å². The number of carbonyl (C=O) groups excluding carboxylic acids is 1. The number of nitrogens with zero attached hydrogens (tertiary/aromatic N) is 2. The second-order valence-corrected chi connectivity index (χ2v) is 5.39. The van der Waals surface area contributed by atoms with Gasteiger partial charge in [0, 0.05) is 6.54 Å². The fraction of sp³-hybridized carbons (Fsp3) is 0.167. The van der Waals surface area contributed by atoms with Gasteiger partial charge in [0.25, 0.3) is 5.91 Å². The minimum atomic E-state index is -0.249. The largest absolute Gasteiger partial charge is 0.467 e. The normalized spacial score (nSPS) is 10.4.